The maximum absolute atomic E-state index is 10.1. The Bertz CT molecular complexity index is 205. The Morgan fingerprint density at radius 3 is 2.38 bits per heavy atom. The van der Waals surface area contributed by atoms with Gasteiger partial charge in [0.2, 0.25) is 0 Å². The monoisotopic (exact) mass is 227 g/mol. The van der Waals surface area contributed by atoms with E-state index in [4.69, 9.17) is 0 Å². The highest BCUT2D eigenvalue weighted by molar-refractivity contribution is 4.87. The van der Waals surface area contributed by atoms with Crippen LogP contribution in [0, 0.1) is 11.8 Å². The van der Waals surface area contributed by atoms with Gasteiger partial charge in [-0.25, -0.2) is 0 Å². The van der Waals surface area contributed by atoms with E-state index < -0.39 is 0 Å². The van der Waals surface area contributed by atoms with E-state index in [1.807, 2.05) is 0 Å². The summed E-state index contributed by atoms with van der Waals surface area (Å²) in [6, 6.07) is 0.923. The summed E-state index contributed by atoms with van der Waals surface area (Å²) in [5.74, 6) is 1.47. The predicted octanol–water partition coefficient (Wildman–Crippen LogP) is 2.90. The van der Waals surface area contributed by atoms with Crippen LogP contribution in [-0.2, 0) is 0 Å². The van der Waals surface area contributed by atoms with Gasteiger partial charge in [-0.15, -0.1) is 0 Å². The molecule has 1 aliphatic rings. The SMILES string of the molecule is CCC1CCC(O)C(N(C)C(C)C(C)C)C1. The Kier molecular flexibility index (Phi) is 5.26. The Morgan fingerprint density at radius 1 is 1.25 bits per heavy atom. The zero-order chi connectivity index (χ0) is 12.3. The smallest absolute Gasteiger partial charge is 0.0695 e. The molecule has 1 saturated carbocycles. The van der Waals surface area contributed by atoms with Crippen LogP contribution in [0.3, 0.4) is 0 Å². The molecule has 0 radical (unpaired) electrons. The summed E-state index contributed by atoms with van der Waals surface area (Å²) < 4.78 is 0. The Labute approximate surface area is 101 Å². The first kappa shape index (κ1) is 14.0. The van der Waals surface area contributed by atoms with Gasteiger partial charge in [0, 0.05) is 12.1 Å². The lowest BCUT2D eigenvalue weighted by Crippen LogP contribution is -2.50. The van der Waals surface area contributed by atoms with E-state index in [1.54, 1.807) is 0 Å². The molecule has 1 rings (SSSR count). The van der Waals surface area contributed by atoms with E-state index in [-0.39, 0.29) is 6.10 Å². The van der Waals surface area contributed by atoms with Crippen LogP contribution in [0.15, 0.2) is 0 Å². The van der Waals surface area contributed by atoms with Gasteiger partial charge < -0.3 is 5.11 Å². The maximum atomic E-state index is 10.1. The van der Waals surface area contributed by atoms with Gasteiger partial charge in [0.1, 0.15) is 0 Å². The fourth-order valence-electron chi connectivity index (χ4n) is 2.80. The van der Waals surface area contributed by atoms with E-state index in [2.05, 4.69) is 39.6 Å². The van der Waals surface area contributed by atoms with Gasteiger partial charge in [-0.3, -0.25) is 4.90 Å². The summed E-state index contributed by atoms with van der Waals surface area (Å²) in [5.41, 5.74) is 0. The van der Waals surface area contributed by atoms with Crippen molar-refractivity contribution in [3.05, 3.63) is 0 Å². The molecule has 96 valence electrons. The Balaban J connectivity index is 2.61. The van der Waals surface area contributed by atoms with E-state index in [9.17, 15) is 5.11 Å². The van der Waals surface area contributed by atoms with E-state index in [1.165, 1.54) is 19.3 Å². The zero-order valence-electron chi connectivity index (χ0n) is 11.6. The second-order valence-corrected chi connectivity index (χ2v) is 5.87. The lowest BCUT2D eigenvalue weighted by atomic mass is 9.81. The van der Waals surface area contributed by atoms with Crippen molar-refractivity contribution in [1.29, 1.82) is 0 Å². The standard InChI is InChI=1S/C14H29NO/c1-6-12-7-8-14(16)13(9-12)15(5)11(4)10(2)3/h10-14,16H,6-9H2,1-5H3. The molecular formula is C14H29NO. The van der Waals surface area contributed by atoms with Crippen LogP contribution in [0.2, 0.25) is 0 Å². The highest BCUT2D eigenvalue weighted by Gasteiger charge is 2.33. The summed E-state index contributed by atoms with van der Waals surface area (Å²) in [6.45, 7) is 9.06. The van der Waals surface area contributed by atoms with Crippen LogP contribution in [0.4, 0.5) is 0 Å². The van der Waals surface area contributed by atoms with Gasteiger partial charge in [-0.1, -0.05) is 27.2 Å². The largest absolute Gasteiger partial charge is 0.391 e. The average molecular weight is 227 g/mol. The lowest BCUT2D eigenvalue weighted by Gasteiger charge is -2.42. The molecule has 1 fully saturated rings. The first-order chi connectivity index (χ1) is 7.47. The number of hydrogen-bond acceptors (Lipinski definition) is 2. The highest BCUT2D eigenvalue weighted by atomic mass is 16.3. The maximum Gasteiger partial charge on any atom is 0.0695 e. The topological polar surface area (TPSA) is 23.5 Å². The normalized spacial score (nSPS) is 33.4. The van der Waals surface area contributed by atoms with Crippen LogP contribution in [-0.4, -0.2) is 35.2 Å². The van der Waals surface area contributed by atoms with Crippen molar-refractivity contribution >= 4 is 0 Å². The number of aliphatic hydroxyl groups is 1. The minimum absolute atomic E-state index is 0.117. The molecule has 4 unspecified atom stereocenters. The van der Waals surface area contributed by atoms with Crippen molar-refractivity contribution in [3.8, 4) is 0 Å². The molecule has 0 aliphatic heterocycles. The fraction of sp³-hybridized carbons (Fsp3) is 1.00. The second-order valence-electron chi connectivity index (χ2n) is 5.87. The van der Waals surface area contributed by atoms with Crippen LogP contribution >= 0.6 is 0 Å². The third-order valence-corrected chi connectivity index (χ3v) is 4.60. The third-order valence-electron chi connectivity index (χ3n) is 4.60. The molecule has 16 heavy (non-hydrogen) atoms. The first-order valence-electron chi connectivity index (χ1n) is 6.87. The summed E-state index contributed by atoms with van der Waals surface area (Å²) in [6.07, 6.45) is 4.50. The minimum Gasteiger partial charge on any atom is -0.391 e. The summed E-state index contributed by atoms with van der Waals surface area (Å²) >= 11 is 0. The molecule has 0 saturated heterocycles. The Morgan fingerprint density at radius 2 is 1.88 bits per heavy atom. The quantitative estimate of drug-likeness (QED) is 0.798. The molecule has 0 amide bonds. The van der Waals surface area contributed by atoms with Gasteiger partial charge in [-0.2, -0.15) is 0 Å². The Hall–Kier alpha value is -0.0800. The number of likely N-dealkylation sites (N-methyl/N-ethyl adjacent to an activating group) is 1. The molecule has 1 aliphatic carbocycles. The van der Waals surface area contributed by atoms with Crippen molar-refractivity contribution in [3.63, 3.8) is 0 Å². The van der Waals surface area contributed by atoms with Gasteiger partial charge in [0.15, 0.2) is 0 Å². The van der Waals surface area contributed by atoms with Crippen LogP contribution < -0.4 is 0 Å². The van der Waals surface area contributed by atoms with Crippen LogP contribution in [0.1, 0.15) is 53.4 Å². The molecule has 2 heteroatoms. The van der Waals surface area contributed by atoms with Crippen molar-refractivity contribution in [2.45, 2.75) is 71.6 Å². The van der Waals surface area contributed by atoms with Gasteiger partial charge in [0.05, 0.1) is 6.10 Å². The molecule has 2 nitrogen and oxygen atoms in total. The van der Waals surface area contributed by atoms with Crippen LogP contribution in [0.5, 0.6) is 0 Å². The average Bonchev–Trinajstić information content (AvgIpc) is 2.27. The van der Waals surface area contributed by atoms with E-state index in [0.29, 0.717) is 18.0 Å². The molecule has 0 aromatic carbocycles. The molecule has 4 atom stereocenters. The predicted molar refractivity (Wildman–Crippen MR) is 69.5 cm³/mol. The highest BCUT2D eigenvalue weighted by Crippen LogP contribution is 2.31. The molecule has 0 spiro atoms. The van der Waals surface area contributed by atoms with Crippen molar-refractivity contribution in [2.24, 2.45) is 11.8 Å². The second kappa shape index (κ2) is 6.02. The van der Waals surface area contributed by atoms with E-state index >= 15 is 0 Å². The number of nitrogens with zero attached hydrogens (tertiary/aromatic N) is 1. The van der Waals surface area contributed by atoms with Gasteiger partial charge in [0.25, 0.3) is 0 Å². The third kappa shape index (κ3) is 3.21. The molecular weight excluding hydrogens is 198 g/mol. The number of aliphatic hydroxyl groups excluding tert-OH is 1. The summed E-state index contributed by atoms with van der Waals surface area (Å²) in [5, 5.41) is 10.1. The molecule has 0 aromatic rings. The van der Waals surface area contributed by atoms with Gasteiger partial charge in [-0.05, 0) is 45.1 Å². The minimum atomic E-state index is -0.117. The molecule has 0 heterocycles. The first-order valence-corrected chi connectivity index (χ1v) is 6.87. The summed E-state index contributed by atoms with van der Waals surface area (Å²) in [4.78, 5) is 2.40. The molecule has 0 bridgehead atoms. The van der Waals surface area contributed by atoms with Crippen molar-refractivity contribution < 1.29 is 5.11 Å². The number of hydrogen-bond donors (Lipinski definition) is 1. The summed E-state index contributed by atoms with van der Waals surface area (Å²) in [7, 11) is 2.18. The van der Waals surface area contributed by atoms with Gasteiger partial charge >= 0.3 is 0 Å². The van der Waals surface area contributed by atoms with E-state index in [0.717, 1.165) is 12.3 Å². The fourth-order valence-corrected chi connectivity index (χ4v) is 2.80. The molecule has 0 aromatic heterocycles. The molecule has 1 N–H and O–H groups in total. The lowest BCUT2D eigenvalue weighted by molar-refractivity contribution is -0.00868. The van der Waals surface area contributed by atoms with Crippen LogP contribution in [0.25, 0.3) is 0 Å². The number of rotatable bonds is 4. The van der Waals surface area contributed by atoms with Crippen molar-refractivity contribution in [2.75, 3.05) is 7.05 Å². The zero-order valence-corrected chi connectivity index (χ0v) is 11.6. The van der Waals surface area contributed by atoms with Crippen molar-refractivity contribution in [1.82, 2.24) is 4.90 Å².